The molecule has 1 N–H and O–H groups in total. The zero-order valence-corrected chi connectivity index (χ0v) is 13.5. The molecule has 4 aromatic rings. The highest BCUT2D eigenvalue weighted by molar-refractivity contribution is 9.10. The van der Waals surface area contributed by atoms with E-state index in [0.29, 0.717) is 17.1 Å². The first kappa shape index (κ1) is 13.9. The molecule has 112 valence electrons. The van der Waals surface area contributed by atoms with Gasteiger partial charge in [-0.15, -0.1) is 5.11 Å². The number of benzene rings is 2. The number of furan rings is 1. The summed E-state index contributed by atoms with van der Waals surface area (Å²) < 4.78 is 6.87. The van der Waals surface area contributed by atoms with Crippen LogP contribution in [0.1, 0.15) is 0 Å². The van der Waals surface area contributed by atoms with Gasteiger partial charge in [0.15, 0.2) is 5.76 Å². The van der Waals surface area contributed by atoms with Crippen LogP contribution in [-0.4, -0.2) is 10.2 Å². The fourth-order valence-corrected chi connectivity index (χ4v) is 2.66. The van der Waals surface area contributed by atoms with E-state index >= 15 is 0 Å². The maximum atomic E-state index is 5.87. The summed E-state index contributed by atoms with van der Waals surface area (Å²) in [6.07, 6.45) is 1.63. The van der Waals surface area contributed by atoms with Crippen LogP contribution in [-0.2, 0) is 0 Å². The number of aromatic amines is 1. The number of hydrogen-bond acceptors (Lipinski definition) is 4. The molecule has 2 heterocycles. The maximum Gasteiger partial charge on any atom is 0.155 e. The second-order valence-corrected chi connectivity index (χ2v) is 5.87. The monoisotopic (exact) mass is 366 g/mol. The molecule has 0 aliphatic carbocycles. The minimum absolute atomic E-state index is 0.631. The van der Waals surface area contributed by atoms with Crippen molar-refractivity contribution in [3.63, 3.8) is 0 Å². The normalized spacial score (nSPS) is 11.5. The molecule has 0 aliphatic heterocycles. The minimum atomic E-state index is 0.631. The number of nitrogens with one attached hydrogen (secondary N) is 1. The standard InChI is InChI=1S/C17H11BrN4O/c18-12-6-7-15-11(8-12)9-16(23-15)17-14(10-19-22-17)21-20-13-4-2-1-3-5-13/h1-10H,(H,19,22). The molecular weight excluding hydrogens is 356 g/mol. The average Bonchev–Trinajstić information content (AvgIpc) is 3.19. The molecule has 2 aromatic carbocycles. The molecule has 2 aromatic heterocycles. The van der Waals surface area contributed by atoms with Crippen LogP contribution in [0.4, 0.5) is 11.4 Å². The Labute approximate surface area is 140 Å². The molecule has 4 rings (SSSR count). The van der Waals surface area contributed by atoms with Gasteiger partial charge in [0.05, 0.1) is 11.9 Å². The Morgan fingerprint density at radius 2 is 1.87 bits per heavy atom. The Morgan fingerprint density at radius 3 is 2.74 bits per heavy atom. The molecule has 23 heavy (non-hydrogen) atoms. The Morgan fingerprint density at radius 1 is 1.00 bits per heavy atom. The number of H-pyrrole nitrogens is 1. The van der Waals surface area contributed by atoms with Crippen molar-refractivity contribution in [3.05, 3.63) is 65.3 Å². The van der Waals surface area contributed by atoms with Crippen molar-refractivity contribution in [2.45, 2.75) is 0 Å². The molecule has 0 bridgehead atoms. The van der Waals surface area contributed by atoms with Gasteiger partial charge >= 0.3 is 0 Å². The second-order valence-electron chi connectivity index (χ2n) is 4.96. The van der Waals surface area contributed by atoms with Gasteiger partial charge in [-0.1, -0.05) is 34.1 Å². The average molecular weight is 367 g/mol. The van der Waals surface area contributed by atoms with E-state index in [2.05, 4.69) is 36.4 Å². The quantitative estimate of drug-likeness (QED) is 0.451. The number of nitrogens with zero attached hydrogens (tertiary/aromatic N) is 3. The molecule has 0 amide bonds. The van der Waals surface area contributed by atoms with E-state index in [1.54, 1.807) is 6.20 Å². The predicted octanol–water partition coefficient (Wildman–Crippen LogP) is 6.00. The van der Waals surface area contributed by atoms with Gasteiger partial charge < -0.3 is 4.42 Å². The van der Waals surface area contributed by atoms with Gasteiger partial charge in [-0.3, -0.25) is 5.10 Å². The SMILES string of the molecule is Brc1ccc2oc(-c3[nH]ncc3N=Nc3ccccc3)cc2c1. The summed E-state index contributed by atoms with van der Waals surface area (Å²) in [5, 5.41) is 16.5. The summed E-state index contributed by atoms with van der Waals surface area (Å²) in [7, 11) is 0. The first-order chi connectivity index (χ1) is 11.3. The molecule has 0 aliphatic rings. The van der Waals surface area contributed by atoms with E-state index in [1.165, 1.54) is 0 Å². The first-order valence-electron chi connectivity index (χ1n) is 6.99. The molecule has 5 nitrogen and oxygen atoms in total. The van der Waals surface area contributed by atoms with Crippen LogP contribution in [0.5, 0.6) is 0 Å². The van der Waals surface area contributed by atoms with Crippen LogP contribution in [0.25, 0.3) is 22.4 Å². The van der Waals surface area contributed by atoms with E-state index in [9.17, 15) is 0 Å². The molecule has 0 atom stereocenters. The molecule has 0 spiro atoms. The van der Waals surface area contributed by atoms with Gasteiger partial charge in [0.25, 0.3) is 0 Å². The highest BCUT2D eigenvalue weighted by Gasteiger charge is 2.13. The van der Waals surface area contributed by atoms with E-state index in [-0.39, 0.29) is 0 Å². The Bertz CT molecular complexity index is 988. The van der Waals surface area contributed by atoms with E-state index in [1.807, 2.05) is 54.6 Å². The van der Waals surface area contributed by atoms with Gasteiger partial charge in [-0.05, 0) is 36.4 Å². The van der Waals surface area contributed by atoms with Gasteiger partial charge in [0.2, 0.25) is 0 Å². The highest BCUT2D eigenvalue weighted by atomic mass is 79.9. The van der Waals surface area contributed by atoms with E-state index in [0.717, 1.165) is 21.1 Å². The molecular formula is C17H11BrN4O. The van der Waals surface area contributed by atoms with Crippen molar-refractivity contribution in [1.82, 2.24) is 10.2 Å². The lowest BCUT2D eigenvalue weighted by atomic mass is 10.2. The number of aromatic nitrogens is 2. The Hall–Kier alpha value is -2.73. The zero-order chi connectivity index (χ0) is 15.6. The van der Waals surface area contributed by atoms with Crippen LogP contribution in [0.2, 0.25) is 0 Å². The fraction of sp³-hybridized carbons (Fsp3) is 0. The van der Waals surface area contributed by atoms with Crippen LogP contribution in [0.3, 0.4) is 0 Å². The van der Waals surface area contributed by atoms with Crippen LogP contribution < -0.4 is 0 Å². The molecule has 0 radical (unpaired) electrons. The van der Waals surface area contributed by atoms with Gasteiger partial charge in [0, 0.05) is 9.86 Å². The zero-order valence-electron chi connectivity index (χ0n) is 11.9. The smallest absolute Gasteiger partial charge is 0.155 e. The second kappa shape index (κ2) is 5.81. The molecule has 6 heteroatoms. The molecule has 0 fully saturated rings. The van der Waals surface area contributed by atoms with Crippen molar-refractivity contribution in [2.24, 2.45) is 10.2 Å². The van der Waals surface area contributed by atoms with Crippen LogP contribution in [0, 0.1) is 0 Å². The lowest BCUT2D eigenvalue weighted by Gasteiger charge is -1.93. The topological polar surface area (TPSA) is 66.5 Å². The summed E-state index contributed by atoms with van der Waals surface area (Å²) in [5.41, 5.74) is 2.93. The number of hydrogen-bond donors (Lipinski definition) is 1. The summed E-state index contributed by atoms with van der Waals surface area (Å²) in [6.45, 7) is 0. The summed E-state index contributed by atoms with van der Waals surface area (Å²) in [6, 6.07) is 17.4. The summed E-state index contributed by atoms with van der Waals surface area (Å²) in [4.78, 5) is 0. The number of rotatable bonds is 3. The van der Waals surface area contributed by atoms with Gasteiger partial charge in [0.1, 0.15) is 17.0 Å². The Kier molecular flexibility index (Phi) is 3.51. The van der Waals surface area contributed by atoms with Crippen molar-refractivity contribution < 1.29 is 4.42 Å². The Balaban J connectivity index is 1.72. The van der Waals surface area contributed by atoms with Crippen LogP contribution in [0.15, 0.2) is 79.9 Å². The van der Waals surface area contributed by atoms with Crippen molar-refractivity contribution in [1.29, 1.82) is 0 Å². The fourth-order valence-electron chi connectivity index (χ4n) is 2.28. The number of halogens is 1. The summed E-state index contributed by atoms with van der Waals surface area (Å²) >= 11 is 3.46. The van der Waals surface area contributed by atoms with E-state index in [4.69, 9.17) is 4.42 Å². The largest absolute Gasteiger partial charge is 0.454 e. The minimum Gasteiger partial charge on any atom is -0.454 e. The number of fused-ring (bicyclic) bond motifs is 1. The molecule has 0 saturated heterocycles. The molecule has 0 saturated carbocycles. The third kappa shape index (κ3) is 2.80. The number of azo groups is 1. The third-order valence-electron chi connectivity index (χ3n) is 3.37. The van der Waals surface area contributed by atoms with Gasteiger partial charge in [-0.2, -0.15) is 10.2 Å². The van der Waals surface area contributed by atoms with E-state index < -0.39 is 0 Å². The molecule has 0 unspecified atom stereocenters. The predicted molar refractivity (Wildman–Crippen MR) is 92.1 cm³/mol. The van der Waals surface area contributed by atoms with Gasteiger partial charge in [-0.25, -0.2) is 0 Å². The highest BCUT2D eigenvalue weighted by Crippen LogP contribution is 2.34. The summed E-state index contributed by atoms with van der Waals surface area (Å²) in [5.74, 6) is 0.678. The third-order valence-corrected chi connectivity index (χ3v) is 3.87. The van der Waals surface area contributed by atoms with Crippen molar-refractivity contribution in [3.8, 4) is 11.5 Å². The van der Waals surface area contributed by atoms with Crippen LogP contribution >= 0.6 is 15.9 Å². The lowest BCUT2D eigenvalue weighted by Crippen LogP contribution is -1.73. The first-order valence-corrected chi connectivity index (χ1v) is 7.78. The van der Waals surface area contributed by atoms with Crippen molar-refractivity contribution in [2.75, 3.05) is 0 Å². The lowest BCUT2D eigenvalue weighted by molar-refractivity contribution is 0.628. The maximum absolute atomic E-state index is 5.87. The van der Waals surface area contributed by atoms with Crippen molar-refractivity contribution >= 4 is 38.3 Å².